The third-order valence-electron chi connectivity index (χ3n) is 18.7. The molecular formula is C80H156O17P2. The van der Waals surface area contributed by atoms with Crippen molar-refractivity contribution in [1.82, 2.24) is 0 Å². The van der Waals surface area contributed by atoms with E-state index in [0.717, 1.165) is 102 Å². The highest BCUT2D eigenvalue weighted by atomic mass is 31.2. The summed E-state index contributed by atoms with van der Waals surface area (Å²) in [5, 5.41) is 10.6. The van der Waals surface area contributed by atoms with Gasteiger partial charge in [0.15, 0.2) is 12.2 Å². The molecule has 0 saturated carbocycles. The van der Waals surface area contributed by atoms with Crippen molar-refractivity contribution in [3.63, 3.8) is 0 Å². The molecule has 0 radical (unpaired) electrons. The molecule has 19 heteroatoms. The molecule has 0 amide bonds. The van der Waals surface area contributed by atoms with Gasteiger partial charge in [0.1, 0.15) is 19.3 Å². The number of carbonyl (C=O) groups is 4. The molecule has 0 spiro atoms. The van der Waals surface area contributed by atoms with Gasteiger partial charge in [0.05, 0.1) is 26.4 Å². The maximum absolute atomic E-state index is 13.1. The first kappa shape index (κ1) is 97.1. The summed E-state index contributed by atoms with van der Waals surface area (Å²) in [6.07, 6.45) is 61.1. The topological polar surface area (TPSA) is 237 Å². The van der Waals surface area contributed by atoms with Gasteiger partial charge in [-0.2, -0.15) is 0 Å². The van der Waals surface area contributed by atoms with Gasteiger partial charge < -0.3 is 33.8 Å². The van der Waals surface area contributed by atoms with E-state index in [1.807, 2.05) is 0 Å². The van der Waals surface area contributed by atoms with Gasteiger partial charge in [-0.25, -0.2) is 9.13 Å². The van der Waals surface area contributed by atoms with E-state index in [1.54, 1.807) is 0 Å². The molecule has 2 unspecified atom stereocenters. The molecule has 588 valence electrons. The van der Waals surface area contributed by atoms with Crippen LogP contribution in [0.25, 0.3) is 0 Å². The standard InChI is InChI=1S/C80H156O17P2/c1-7-9-11-13-15-17-19-20-21-22-23-24-25-26-27-28-29-31-40-46-52-58-64-79(84)96-75(69-91-78(83)63-57-51-45-39-34-32-36-42-48-54-60-72(3)4)70-94-98(86,87)92-66-74(81)67-93-99(88,89)95-71-76(68-90-77(82)62-56-50-44-38-30-18-16-14-12-10-8-2)97-80(85)65-59-53-47-41-35-33-37-43-49-55-61-73(5)6/h72-76,81H,7-71H2,1-6H3,(H,86,87)(H,88,89)/t74-,75-,76-/m1/s1. The number of phosphoric ester groups is 2. The van der Waals surface area contributed by atoms with Gasteiger partial charge in [-0.15, -0.1) is 0 Å². The Morgan fingerprint density at radius 1 is 0.273 bits per heavy atom. The molecule has 0 aromatic carbocycles. The van der Waals surface area contributed by atoms with Gasteiger partial charge in [-0.1, -0.05) is 369 Å². The van der Waals surface area contributed by atoms with Crippen LogP contribution < -0.4 is 0 Å². The Bertz CT molecular complexity index is 1910. The Labute approximate surface area is 607 Å². The molecule has 0 aromatic rings. The lowest BCUT2D eigenvalue weighted by Gasteiger charge is -2.21. The molecule has 0 bridgehead atoms. The summed E-state index contributed by atoms with van der Waals surface area (Å²) in [4.78, 5) is 72.9. The SMILES string of the molecule is CCCCCCCCCCCCCCCCCCCCCCCCC(=O)O[C@H](COC(=O)CCCCCCCCCCCCC(C)C)COP(=O)(O)OC[C@@H](O)COP(=O)(O)OC[C@@H](COC(=O)CCCCCCCCCCCCC)OC(=O)CCCCCCCCCCCCC(C)C. The highest BCUT2D eigenvalue weighted by Gasteiger charge is 2.30. The lowest BCUT2D eigenvalue weighted by atomic mass is 10.0. The van der Waals surface area contributed by atoms with Crippen LogP contribution in [0.2, 0.25) is 0 Å². The summed E-state index contributed by atoms with van der Waals surface area (Å²) in [7, 11) is -9.92. The molecule has 0 saturated heterocycles. The number of phosphoric acid groups is 2. The number of carbonyl (C=O) groups excluding carboxylic acids is 4. The van der Waals surface area contributed by atoms with E-state index in [0.29, 0.717) is 25.7 Å². The van der Waals surface area contributed by atoms with E-state index in [9.17, 15) is 43.2 Å². The van der Waals surface area contributed by atoms with Crippen molar-refractivity contribution >= 4 is 39.5 Å². The summed E-state index contributed by atoms with van der Waals surface area (Å²) >= 11 is 0. The molecular weight excluding hydrogens is 1290 g/mol. The fourth-order valence-electron chi connectivity index (χ4n) is 12.4. The predicted molar refractivity (Wildman–Crippen MR) is 405 cm³/mol. The van der Waals surface area contributed by atoms with Crippen LogP contribution >= 0.6 is 15.6 Å². The minimum Gasteiger partial charge on any atom is -0.462 e. The second-order valence-corrected chi connectivity index (χ2v) is 32.7. The summed E-state index contributed by atoms with van der Waals surface area (Å²) in [6.45, 7) is 9.60. The normalized spacial score (nSPS) is 13.9. The first-order chi connectivity index (χ1) is 47.9. The highest BCUT2D eigenvalue weighted by molar-refractivity contribution is 7.47. The Kier molecular flexibility index (Phi) is 70.3. The molecule has 99 heavy (non-hydrogen) atoms. The first-order valence-corrected chi connectivity index (χ1v) is 44.5. The molecule has 0 rings (SSSR count). The maximum atomic E-state index is 13.1. The number of aliphatic hydroxyl groups excluding tert-OH is 1. The summed E-state index contributed by atoms with van der Waals surface area (Å²) < 4.78 is 68.7. The van der Waals surface area contributed by atoms with Crippen LogP contribution in [0.15, 0.2) is 0 Å². The number of hydrogen-bond acceptors (Lipinski definition) is 15. The zero-order chi connectivity index (χ0) is 72.8. The lowest BCUT2D eigenvalue weighted by Crippen LogP contribution is -2.30. The molecule has 0 aliphatic carbocycles. The van der Waals surface area contributed by atoms with E-state index in [4.69, 9.17) is 37.0 Å². The molecule has 0 fully saturated rings. The fourth-order valence-corrected chi connectivity index (χ4v) is 13.9. The van der Waals surface area contributed by atoms with Crippen molar-refractivity contribution in [2.75, 3.05) is 39.6 Å². The maximum Gasteiger partial charge on any atom is 0.472 e. The average Bonchev–Trinajstić information content (AvgIpc) is 1.48. The molecule has 0 heterocycles. The molecule has 3 N–H and O–H groups in total. The molecule has 17 nitrogen and oxygen atoms in total. The van der Waals surface area contributed by atoms with Crippen molar-refractivity contribution in [1.29, 1.82) is 0 Å². The second kappa shape index (κ2) is 71.7. The summed E-state index contributed by atoms with van der Waals surface area (Å²) in [5.74, 6) is -0.601. The number of hydrogen-bond donors (Lipinski definition) is 3. The van der Waals surface area contributed by atoms with Crippen molar-refractivity contribution in [2.45, 2.75) is 439 Å². The number of unbranched alkanes of at least 4 members (excludes halogenated alkanes) is 49. The van der Waals surface area contributed by atoms with Gasteiger partial charge in [-0.3, -0.25) is 37.3 Å². The minimum atomic E-state index is -4.96. The molecule has 0 aliphatic rings. The minimum absolute atomic E-state index is 0.106. The van der Waals surface area contributed by atoms with Crippen LogP contribution in [0.3, 0.4) is 0 Å². The first-order valence-electron chi connectivity index (χ1n) is 41.5. The Hall–Kier alpha value is -1.94. The van der Waals surface area contributed by atoms with E-state index in [-0.39, 0.29) is 25.7 Å². The van der Waals surface area contributed by atoms with Crippen LogP contribution in [-0.2, 0) is 65.4 Å². The van der Waals surface area contributed by atoms with Crippen molar-refractivity contribution in [3.8, 4) is 0 Å². The van der Waals surface area contributed by atoms with Crippen molar-refractivity contribution < 1.29 is 80.2 Å². The van der Waals surface area contributed by atoms with Gasteiger partial charge in [0.25, 0.3) is 0 Å². The molecule has 0 aliphatic heterocycles. The number of ether oxygens (including phenoxy) is 4. The van der Waals surface area contributed by atoms with Crippen LogP contribution in [0.5, 0.6) is 0 Å². The third kappa shape index (κ3) is 74.1. The van der Waals surface area contributed by atoms with Gasteiger partial charge in [0.2, 0.25) is 0 Å². The number of esters is 4. The number of rotatable bonds is 79. The zero-order valence-corrected chi connectivity index (χ0v) is 66.6. The molecule has 0 aromatic heterocycles. The Balaban J connectivity index is 5.20. The highest BCUT2D eigenvalue weighted by Crippen LogP contribution is 2.45. The summed E-state index contributed by atoms with van der Waals surface area (Å²) in [5.41, 5.74) is 0. The van der Waals surface area contributed by atoms with Gasteiger partial charge in [-0.05, 0) is 37.5 Å². The van der Waals surface area contributed by atoms with E-state index in [1.165, 1.54) is 238 Å². The Morgan fingerprint density at radius 2 is 0.465 bits per heavy atom. The average molecular weight is 1450 g/mol. The van der Waals surface area contributed by atoms with E-state index in [2.05, 4.69) is 41.5 Å². The van der Waals surface area contributed by atoms with Crippen LogP contribution in [-0.4, -0.2) is 96.7 Å². The second-order valence-electron chi connectivity index (χ2n) is 29.8. The fraction of sp³-hybridized carbons (Fsp3) is 0.950. The zero-order valence-electron chi connectivity index (χ0n) is 64.8. The number of aliphatic hydroxyl groups is 1. The quantitative estimate of drug-likeness (QED) is 0.0222. The Morgan fingerprint density at radius 3 is 0.687 bits per heavy atom. The predicted octanol–water partition coefficient (Wildman–Crippen LogP) is 23.9. The van der Waals surface area contributed by atoms with Gasteiger partial charge >= 0.3 is 39.5 Å². The van der Waals surface area contributed by atoms with Crippen LogP contribution in [0.4, 0.5) is 0 Å². The molecule has 5 atom stereocenters. The monoisotopic (exact) mass is 1450 g/mol. The van der Waals surface area contributed by atoms with Crippen LogP contribution in [0, 0.1) is 11.8 Å². The lowest BCUT2D eigenvalue weighted by molar-refractivity contribution is -0.161. The van der Waals surface area contributed by atoms with Crippen molar-refractivity contribution in [2.24, 2.45) is 11.8 Å². The van der Waals surface area contributed by atoms with Gasteiger partial charge in [0, 0.05) is 25.7 Å². The smallest absolute Gasteiger partial charge is 0.462 e. The summed E-state index contributed by atoms with van der Waals surface area (Å²) in [6, 6.07) is 0. The van der Waals surface area contributed by atoms with Crippen molar-refractivity contribution in [3.05, 3.63) is 0 Å². The van der Waals surface area contributed by atoms with E-state index < -0.39 is 97.5 Å². The third-order valence-corrected chi connectivity index (χ3v) is 20.6. The van der Waals surface area contributed by atoms with E-state index >= 15 is 0 Å². The van der Waals surface area contributed by atoms with Crippen LogP contribution in [0.1, 0.15) is 420 Å². The largest absolute Gasteiger partial charge is 0.472 e.